The fourth-order valence-electron chi connectivity index (χ4n) is 5.26. The highest BCUT2D eigenvalue weighted by molar-refractivity contribution is 5.96. The van der Waals surface area contributed by atoms with E-state index >= 15 is 0 Å². The number of fused-ring (bicyclic) bond motifs is 1. The molecule has 0 aliphatic carbocycles. The fraction of sp³-hybridized carbons (Fsp3) is 0.258. The smallest absolute Gasteiger partial charge is 0.317 e. The summed E-state index contributed by atoms with van der Waals surface area (Å²) in [4.78, 5) is 32.5. The number of nitrogens with zero attached hydrogens (tertiary/aromatic N) is 3. The molecule has 3 aromatic carbocycles. The maximum atomic E-state index is 13.7. The highest BCUT2D eigenvalue weighted by atomic mass is 16.5. The summed E-state index contributed by atoms with van der Waals surface area (Å²) in [5.74, 6) is -0.244. The van der Waals surface area contributed by atoms with Crippen LogP contribution in [0.25, 0.3) is 0 Å². The first-order chi connectivity index (χ1) is 18.9. The van der Waals surface area contributed by atoms with Gasteiger partial charge in [-0.15, -0.1) is 0 Å². The number of ether oxygens (including phenoxy) is 1. The van der Waals surface area contributed by atoms with E-state index in [0.29, 0.717) is 13.1 Å². The second-order valence-electron chi connectivity index (χ2n) is 9.93. The van der Waals surface area contributed by atoms with Gasteiger partial charge < -0.3 is 20.1 Å². The van der Waals surface area contributed by atoms with Gasteiger partial charge in [0.15, 0.2) is 5.69 Å². The SMILES string of the molecule is COc1ccc(CNc2nc(=O)c(O)c3n2[C@@H](C(c2ccccc2)c2ccccc2)CN(C(C)C)C3=O)cc1. The first-order valence-electron chi connectivity index (χ1n) is 13.0. The number of rotatable bonds is 8. The van der Waals surface area contributed by atoms with Crippen molar-refractivity contribution in [3.63, 3.8) is 0 Å². The van der Waals surface area contributed by atoms with Crippen molar-refractivity contribution in [2.75, 3.05) is 19.0 Å². The lowest BCUT2D eigenvalue weighted by atomic mass is 9.83. The molecule has 2 heterocycles. The van der Waals surface area contributed by atoms with Gasteiger partial charge in [-0.25, -0.2) is 0 Å². The number of carbonyl (C=O) groups excluding carboxylic acids is 1. The minimum Gasteiger partial charge on any atom is -0.501 e. The Balaban J connectivity index is 1.68. The Kier molecular flexibility index (Phi) is 7.36. The second-order valence-corrected chi connectivity index (χ2v) is 9.93. The topological polar surface area (TPSA) is 96.7 Å². The Morgan fingerprint density at radius 1 is 0.949 bits per heavy atom. The average Bonchev–Trinajstić information content (AvgIpc) is 2.96. The summed E-state index contributed by atoms with van der Waals surface area (Å²) >= 11 is 0. The summed E-state index contributed by atoms with van der Waals surface area (Å²) < 4.78 is 6.98. The van der Waals surface area contributed by atoms with Crippen molar-refractivity contribution in [1.82, 2.24) is 14.5 Å². The summed E-state index contributed by atoms with van der Waals surface area (Å²) in [6, 6.07) is 27.2. The molecule has 0 radical (unpaired) electrons. The molecule has 1 atom stereocenters. The molecule has 1 aliphatic rings. The Morgan fingerprint density at radius 2 is 1.54 bits per heavy atom. The van der Waals surface area contributed by atoms with Crippen molar-refractivity contribution in [1.29, 1.82) is 0 Å². The van der Waals surface area contributed by atoms with Gasteiger partial charge in [0.2, 0.25) is 11.7 Å². The summed E-state index contributed by atoms with van der Waals surface area (Å²) in [6.07, 6.45) is 0. The van der Waals surface area contributed by atoms with Crippen molar-refractivity contribution in [3.8, 4) is 11.5 Å². The zero-order chi connectivity index (χ0) is 27.5. The molecular formula is C31H32N4O4. The highest BCUT2D eigenvalue weighted by Gasteiger charge is 2.41. The lowest BCUT2D eigenvalue weighted by molar-refractivity contribution is 0.0588. The van der Waals surface area contributed by atoms with Crippen molar-refractivity contribution < 1.29 is 14.6 Å². The summed E-state index contributed by atoms with van der Waals surface area (Å²) in [5, 5.41) is 14.2. The van der Waals surface area contributed by atoms with E-state index in [1.54, 1.807) is 16.6 Å². The summed E-state index contributed by atoms with van der Waals surface area (Å²) in [6.45, 7) is 4.60. The van der Waals surface area contributed by atoms with Crippen LogP contribution in [-0.2, 0) is 6.54 Å². The predicted octanol–water partition coefficient (Wildman–Crippen LogP) is 4.81. The quantitative estimate of drug-likeness (QED) is 0.344. The molecule has 200 valence electrons. The molecule has 8 heteroatoms. The van der Waals surface area contributed by atoms with Crippen LogP contribution in [0.2, 0.25) is 0 Å². The van der Waals surface area contributed by atoms with Crippen LogP contribution in [0.5, 0.6) is 11.5 Å². The fourth-order valence-corrected chi connectivity index (χ4v) is 5.26. The number of hydrogen-bond donors (Lipinski definition) is 2. The molecule has 39 heavy (non-hydrogen) atoms. The van der Waals surface area contributed by atoms with Gasteiger partial charge in [0.1, 0.15) is 5.75 Å². The van der Waals surface area contributed by atoms with Gasteiger partial charge in [0.25, 0.3) is 5.91 Å². The molecule has 0 unspecified atom stereocenters. The number of anilines is 1. The molecule has 0 saturated heterocycles. The number of aromatic nitrogens is 2. The molecule has 2 N–H and O–H groups in total. The van der Waals surface area contributed by atoms with Crippen LogP contribution >= 0.6 is 0 Å². The van der Waals surface area contributed by atoms with Crippen LogP contribution in [0.3, 0.4) is 0 Å². The normalized spacial score (nSPS) is 14.9. The molecular weight excluding hydrogens is 492 g/mol. The molecule has 1 aliphatic heterocycles. The van der Waals surface area contributed by atoms with Gasteiger partial charge in [-0.05, 0) is 42.7 Å². The monoisotopic (exact) mass is 524 g/mol. The molecule has 0 saturated carbocycles. The van der Waals surface area contributed by atoms with Crippen molar-refractivity contribution in [2.24, 2.45) is 0 Å². The van der Waals surface area contributed by atoms with E-state index in [2.05, 4.69) is 34.6 Å². The Morgan fingerprint density at radius 3 is 2.08 bits per heavy atom. The predicted molar refractivity (Wildman–Crippen MR) is 150 cm³/mol. The Bertz CT molecular complexity index is 1460. The molecule has 8 nitrogen and oxygen atoms in total. The van der Waals surface area contributed by atoms with Crippen molar-refractivity contribution in [3.05, 3.63) is 118 Å². The standard InChI is InChI=1S/C31H32N4O4/c1-20(2)34-19-25(26(22-10-6-4-7-11-22)23-12-8-5-9-13-23)35-27(30(34)38)28(36)29(37)33-31(35)32-18-21-14-16-24(39-3)17-15-21/h4-17,20,25-26,36H,18-19H2,1-3H3,(H,32,33,37)/t25-/m1/s1. The zero-order valence-corrected chi connectivity index (χ0v) is 22.2. The number of benzene rings is 3. The van der Waals surface area contributed by atoms with E-state index in [9.17, 15) is 14.7 Å². The number of hydrogen-bond acceptors (Lipinski definition) is 6. The van der Waals surface area contributed by atoms with Gasteiger partial charge in [-0.1, -0.05) is 72.8 Å². The van der Waals surface area contributed by atoms with Crippen LogP contribution in [0.4, 0.5) is 5.95 Å². The van der Waals surface area contributed by atoms with E-state index in [1.807, 2.05) is 74.5 Å². The van der Waals surface area contributed by atoms with Crippen LogP contribution in [0.1, 0.15) is 53.0 Å². The number of methoxy groups -OCH3 is 1. The van der Waals surface area contributed by atoms with E-state index in [4.69, 9.17) is 4.74 Å². The molecule has 0 spiro atoms. The molecule has 5 rings (SSSR count). The molecule has 1 aromatic heterocycles. The van der Waals surface area contributed by atoms with E-state index in [1.165, 1.54) is 0 Å². The van der Waals surface area contributed by atoms with Gasteiger partial charge >= 0.3 is 5.56 Å². The minimum absolute atomic E-state index is 0.0472. The molecule has 1 amide bonds. The van der Waals surface area contributed by atoms with Crippen LogP contribution < -0.4 is 15.6 Å². The first-order valence-corrected chi connectivity index (χ1v) is 13.0. The largest absolute Gasteiger partial charge is 0.501 e. The van der Waals surface area contributed by atoms with E-state index in [0.717, 1.165) is 22.4 Å². The minimum atomic E-state index is -0.841. The van der Waals surface area contributed by atoms with E-state index in [-0.39, 0.29) is 29.6 Å². The highest BCUT2D eigenvalue weighted by Crippen LogP contribution is 2.41. The third-order valence-electron chi connectivity index (χ3n) is 7.22. The Labute approximate surface area is 227 Å². The summed E-state index contributed by atoms with van der Waals surface area (Å²) in [5.41, 5.74) is 2.16. The average molecular weight is 525 g/mol. The van der Waals surface area contributed by atoms with Crippen molar-refractivity contribution >= 4 is 11.9 Å². The number of nitrogens with one attached hydrogen (secondary N) is 1. The van der Waals surface area contributed by atoms with Crippen molar-refractivity contribution in [2.45, 2.75) is 38.4 Å². The van der Waals surface area contributed by atoms with Crippen LogP contribution in [0.15, 0.2) is 89.7 Å². The van der Waals surface area contributed by atoms with Gasteiger partial charge in [-0.3, -0.25) is 14.2 Å². The maximum absolute atomic E-state index is 13.7. The second kappa shape index (κ2) is 11.0. The third-order valence-corrected chi connectivity index (χ3v) is 7.22. The molecule has 0 fully saturated rings. The number of amides is 1. The van der Waals surface area contributed by atoms with Crippen LogP contribution in [0, 0.1) is 0 Å². The van der Waals surface area contributed by atoms with Crippen LogP contribution in [-0.4, -0.2) is 45.2 Å². The molecule has 0 bridgehead atoms. The summed E-state index contributed by atoms with van der Waals surface area (Å²) in [7, 11) is 1.61. The lowest BCUT2D eigenvalue weighted by Gasteiger charge is -2.42. The number of carbonyl (C=O) groups is 1. The third kappa shape index (κ3) is 5.10. The maximum Gasteiger partial charge on any atom is 0.317 e. The first kappa shape index (κ1) is 26.0. The van der Waals surface area contributed by atoms with Gasteiger partial charge in [0.05, 0.1) is 13.2 Å². The van der Waals surface area contributed by atoms with Gasteiger partial charge in [0, 0.05) is 25.0 Å². The Hall–Kier alpha value is -4.59. The van der Waals surface area contributed by atoms with Gasteiger partial charge in [-0.2, -0.15) is 4.98 Å². The van der Waals surface area contributed by atoms with E-state index < -0.39 is 17.2 Å². The zero-order valence-electron chi connectivity index (χ0n) is 22.2. The lowest BCUT2D eigenvalue weighted by Crippen LogP contribution is -2.49. The molecule has 4 aromatic rings. The number of aromatic hydroxyl groups is 1.